The molecular weight excluding hydrogens is 324 g/mol. The maximum absolute atomic E-state index is 5.90. The summed E-state index contributed by atoms with van der Waals surface area (Å²) in [7, 11) is 3.29. The number of hydrogen-bond donors (Lipinski definition) is 0. The summed E-state index contributed by atoms with van der Waals surface area (Å²) >= 11 is 0. The molecule has 0 amide bonds. The third-order valence-corrected chi connectivity index (χ3v) is 4.10. The van der Waals surface area contributed by atoms with Crippen molar-refractivity contribution in [3.05, 3.63) is 22.3 Å². The largest absolute Gasteiger partial charge is 0.467 e. The van der Waals surface area contributed by atoms with Gasteiger partial charge in [-0.1, -0.05) is 6.92 Å². The van der Waals surface area contributed by atoms with E-state index in [0.717, 1.165) is 40.2 Å². The summed E-state index contributed by atoms with van der Waals surface area (Å²) in [4.78, 5) is 0. The van der Waals surface area contributed by atoms with E-state index in [9.17, 15) is 0 Å². The molecule has 0 aliphatic rings. The van der Waals surface area contributed by atoms with Gasteiger partial charge in [0.25, 0.3) is 0 Å². The second kappa shape index (κ2) is 12.1. The van der Waals surface area contributed by atoms with E-state index in [4.69, 9.17) is 28.4 Å². The minimum Gasteiger partial charge on any atom is -0.467 e. The van der Waals surface area contributed by atoms with E-state index >= 15 is 0 Å². The summed E-state index contributed by atoms with van der Waals surface area (Å²) in [5, 5.41) is 0. The fraction of sp³-hybridized carbons (Fsp3) is 0.684. The first-order valence-electron chi connectivity index (χ1n) is 8.59. The van der Waals surface area contributed by atoms with Gasteiger partial charge in [0.1, 0.15) is 11.5 Å². The van der Waals surface area contributed by atoms with Crippen LogP contribution in [0.15, 0.2) is 0 Å². The van der Waals surface area contributed by atoms with Crippen molar-refractivity contribution in [2.24, 2.45) is 0 Å². The molecule has 0 aliphatic carbocycles. The monoisotopic (exact) mass is 356 g/mol. The van der Waals surface area contributed by atoms with Crippen molar-refractivity contribution in [3.63, 3.8) is 0 Å². The van der Waals surface area contributed by atoms with E-state index in [1.165, 1.54) is 0 Å². The lowest BCUT2D eigenvalue weighted by molar-refractivity contribution is -0.0112. The molecule has 0 radical (unpaired) electrons. The minimum atomic E-state index is 0.202. The lowest BCUT2D eigenvalue weighted by Crippen LogP contribution is -2.13. The number of hydrogen-bond acceptors (Lipinski definition) is 6. The SMILES string of the molecule is CCc1c(C)c(OCOCCOC)c(C)c(C)c1OCOCCOC. The molecule has 0 aliphatic heterocycles. The molecule has 0 spiro atoms. The van der Waals surface area contributed by atoms with Gasteiger partial charge in [0, 0.05) is 19.8 Å². The zero-order chi connectivity index (χ0) is 18.7. The number of ether oxygens (including phenoxy) is 6. The highest BCUT2D eigenvalue weighted by atomic mass is 16.7. The van der Waals surface area contributed by atoms with Crippen molar-refractivity contribution in [1.29, 1.82) is 0 Å². The Kier molecular flexibility index (Phi) is 10.5. The molecule has 1 rings (SSSR count). The van der Waals surface area contributed by atoms with Gasteiger partial charge in [0.15, 0.2) is 13.6 Å². The van der Waals surface area contributed by atoms with Crippen LogP contribution in [0.5, 0.6) is 11.5 Å². The van der Waals surface area contributed by atoms with E-state index in [2.05, 4.69) is 13.8 Å². The van der Waals surface area contributed by atoms with Crippen molar-refractivity contribution in [3.8, 4) is 11.5 Å². The van der Waals surface area contributed by atoms with E-state index in [0.29, 0.717) is 26.4 Å². The molecule has 0 heterocycles. The fourth-order valence-corrected chi connectivity index (χ4v) is 2.60. The smallest absolute Gasteiger partial charge is 0.189 e. The highest BCUT2D eigenvalue weighted by molar-refractivity contribution is 5.58. The van der Waals surface area contributed by atoms with Gasteiger partial charge in [-0.25, -0.2) is 0 Å². The standard InChI is InChI=1S/C19H32O6/c1-7-17-16(4)18(24-12-22-10-8-20-5)14(2)15(3)19(17)25-13-23-11-9-21-6/h7-13H2,1-6H3. The average molecular weight is 356 g/mol. The molecule has 25 heavy (non-hydrogen) atoms. The van der Waals surface area contributed by atoms with Crippen molar-refractivity contribution in [2.75, 3.05) is 54.2 Å². The van der Waals surface area contributed by atoms with Crippen molar-refractivity contribution < 1.29 is 28.4 Å². The minimum absolute atomic E-state index is 0.202. The van der Waals surface area contributed by atoms with E-state index < -0.39 is 0 Å². The van der Waals surface area contributed by atoms with Crippen LogP contribution in [0.25, 0.3) is 0 Å². The van der Waals surface area contributed by atoms with Crippen LogP contribution in [-0.2, 0) is 25.4 Å². The Morgan fingerprint density at radius 1 is 0.640 bits per heavy atom. The van der Waals surface area contributed by atoms with Crippen LogP contribution in [-0.4, -0.2) is 54.2 Å². The summed E-state index contributed by atoms with van der Waals surface area (Å²) < 4.78 is 32.5. The number of methoxy groups -OCH3 is 2. The zero-order valence-corrected chi connectivity index (χ0v) is 16.4. The first-order chi connectivity index (χ1) is 12.1. The Hall–Kier alpha value is -1.34. The molecule has 0 aromatic heterocycles. The maximum Gasteiger partial charge on any atom is 0.189 e. The Morgan fingerprint density at radius 2 is 1.12 bits per heavy atom. The number of rotatable bonds is 13. The third kappa shape index (κ3) is 6.47. The van der Waals surface area contributed by atoms with Crippen molar-refractivity contribution in [1.82, 2.24) is 0 Å². The summed E-state index contributed by atoms with van der Waals surface area (Å²) in [6.07, 6.45) is 0.848. The van der Waals surface area contributed by atoms with Crippen molar-refractivity contribution >= 4 is 0 Å². The summed E-state index contributed by atoms with van der Waals surface area (Å²) in [5.74, 6) is 1.74. The Bertz CT molecular complexity index is 515. The average Bonchev–Trinajstić information content (AvgIpc) is 2.61. The lowest BCUT2D eigenvalue weighted by atomic mass is 9.96. The van der Waals surface area contributed by atoms with E-state index in [-0.39, 0.29) is 13.6 Å². The second-order valence-corrected chi connectivity index (χ2v) is 5.69. The van der Waals surface area contributed by atoms with Gasteiger partial charge in [0.05, 0.1) is 26.4 Å². The van der Waals surface area contributed by atoms with Crippen LogP contribution < -0.4 is 9.47 Å². The van der Waals surface area contributed by atoms with E-state index in [1.54, 1.807) is 14.2 Å². The molecule has 0 unspecified atom stereocenters. The van der Waals surface area contributed by atoms with Crippen LogP contribution >= 0.6 is 0 Å². The predicted molar refractivity (Wildman–Crippen MR) is 96.7 cm³/mol. The molecular formula is C19H32O6. The van der Waals surface area contributed by atoms with Gasteiger partial charge >= 0.3 is 0 Å². The fourth-order valence-electron chi connectivity index (χ4n) is 2.60. The molecule has 6 heteroatoms. The van der Waals surface area contributed by atoms with Gasteiger partial charge in [-0.2, -0.15) is 0 Å². The quantitative estimate of drug-likeness (QED) is 0.400. The summed E-state index contributed by atoms with van der Waals surface area (Å²) in [5.41, 5.74) is 4.32. The molecule has 0 saturated heterocycles. The molecule has 0 atom stereocenters. The van der Waals surface area contributed by atoms with E-state index in [1.807, 2.05) is 13.8 Å². The lowest BCUT2D eigenvalue weighted by Gasteiger charge is -2.22. The van der Waals surface area contributed by atoms with Crippen LogP contribution in [0, 0.1) is 20.8 Å². The predicted octanol–water partition coefficient (Wildman–Crippen LogP) is 3.17. The first kappa shape index (κ1) is 21.7. The van der Waals surface area contributed by atoms with Crippen molar-refractivity contribution in [2.45, 2.75) is 34.1 Å². The molecule has 1 aromatic carbocycles. The topological polar surface area (TPSA) is 55.4 Å². The van der Waals surface area contributed by atoms with Crippen LogP contribution in [0.1, 0.15) is 29.2 Å². The molecule has 144 valence electrons. The van der Waals surface area contributed by atoms with Crippen LogP contribution in [0.3, 0.4) is 0 Å². The molecule has 1 aromatic rings. The second-order valence-electron chi connectivity index (χ2n) is 5.69. The molecule has 0 fully saturated rings. The summed E-state index contributed by atoms with van der Waals surface area (Å²) in [6.45, 7) is 10.8. The Morgan fingerprint density at radius 3 is 1.60 bits per heavy atom. The summed E-state index contributed by atoms with van der Waals surface area (Å²) in [6, 6.07) is 0. The normalized spacial score (nSPS) is 11.0. The molecule has 0 bridgehead atoms. The van der Waals surface area contributed by atoms with Gasteiger partial charge in [-0.05, 0) is 43.9 Å². The van der Waals surface area contributed by atoms with Crippen LogP contribution in [0.2, 0.25) is 0 Å². The number of benzene rings is 1. The molecule has 0 N–H and O–H groups in total. The zero-order valence-electron chi connectivity index (χ0n) is 16.4. The van der Waals surface area contributed by atoms with Gasteiger partial charge in [-0.15, -0.1) is 0 Å². The van der Waals surface area contributed by atoms with Gasteiger partial charge in [-0.3, -0.25) is 0 Å². The Labute approximate surface area is 151 Å². The Balaban J connectivity index is 2.83. The highest BCUT2D eigenvalue weighted by Gasteiger charge is 2.18. The van der Waals surface area contributed by atoms with Gasteiger partial charge in [0.2, 0.25) is 0 Å². The molecule has 0 saturated carbocycles. The van der Waals surface area contributed by atoms with Gasteiger partial charge < -0.3 is 28.4 Å². The third-order valence-electron chi connectivity index (χ3n) is 4.10. The first-order valence-corrected chi connectivity index (χ1v) is 8.59. The van der Waals surface area contributed by atoms with Crippen LogP contribution in [0.4, 0.5) is 0 Å². The molecule has 6 nitrogen and oxygen atoms in total. The maximum atomic E-state index is 5.90. The highest BCUT2D eigenvalue weighted by Crippen LogP contribution is 2.38.